The number of amides is 2. The van der Waals surface area contributed by atoms with Gasteiger partial charge in [0.05, 0.1) is 11.4 Å². The molecular weight excluding hydrogens is 246 g/mol. The van der Waals surface area contributed by atoms with E-state index in [4.69, 9.17) is 5.11 Å². The number of hydrogen-bond donors (Lipinski definition) is 2. The molecule has 2 N–H and O–H groups in total. The summed E-state index contributed by atoms with van der Waals surface area (Å²) >= 11 is 0. The van der Waals surface area contributed by atoms with Gasteiger partial charge in [-0.3, -0.25) is 9.78 Å². The lowest BCUT2D eigenvalue weighted by Gasteiger charge is -2.23. The summed E-state index contributed by atoms with van der Waals surface area (Å²) in [5, 5.41) is 11.5. The zero-order valence-corrected chi connectivity index (χ0v) is 11.4. The number of aryl methyl sites for hydroxylation is 1. The molecule has 104 valence electrons. The average Bonchev–Trinajstić information content (AvgIpc) is 2.30. The molecular formula is C13H19N3O3. The molecule has 1 aromatic rings. The Hall–Kier alpha value is -2.11. The number of carbonyl (C=O) groups is 2. The van der Waals surface area contributed by atoms with Gasteiger partial charge in [-0.15, -0.1) is 0 Å². The predicted molar refractivity (Wildman–Crippen MR) is 72.0 cm³/mol. The summed E-state index contributed by atoms with van der Waals surface area (Å²) in [4.78, 5) is 28.2. The first-order chi connectivity index (χ1) is 8.90. The quantitative estimate of drug-likeness (QED) is 0.852. The topological polar surface area (TPSA) is 82.5 Å². The van der Waals surface area contributed by atoms with Crippen LogP contribution in [0.25, 0.3) is 0 Å². The van der Waals surface area contributed by atoms with Crippen molar-refractivity contribution in [1.82, 2.24) is 9.88 Å². The molecule has 0 saturated heterocycles. The van der Waals surface area contributed by atoms with Gasteiger partial charge in [0.1, 0.15) is 6.54 Å². The third-order valence-corrected chi connectivity index (χ3v) is 2.45. The summed E-state index contributed by atoms with van der Waals surface area (Å²) in [6.07, 6.45) is 1.63. The Labute approximate surface area is 112 Å². The van der Waals surface area contributed by atoms with E-state index < -0.39 is 12.0 Å². The summed E-state index contributed by atoms with van der Waals surface area (Å²) < 4.78 is 0. The molecule has 0 aliphatic carbocycles. The lowest BCUT2D eigenvalue weighted by atomic mass is 10.2. The van der Waals surface area contributed by atoms with Gasteiger partial charge in [0, 0.05) is 12.7 Å². The highest BCUT2D eigenvalue weighted by atomic mass is 16.4. The smallest absolute Gasteiger partial charge is 0.323 e. The van der Waals surface area contributed by atoms with Crippen molar-refractivity contribution in [2.24, 2.45) is 5.92 Å². The molecule has 0 radical (unpaired) electrons. The number of aromatic nitrogens is 1. The summed E-state index contributed by atoms with van der Waals surface area (Å²) in [5.74, 6) is -0.834. The second kappa shape index (κ2) is 6.72. The fourth-order valence-electron chi connectivity index (χ4n) is 1.63. The first-order valence-corrected chi connectivity index (χ1v) is 6.09. The van der Waals surface area contributed by atoms with E-state index in [2.05, 4.69) is 10.3 Å². The van der Waals surface area contributed by atoms with E-state index in [-0.39, 0.29) is 12.5 Å². The van der Waals surface area contributed by atoms with Gasteiger partial charge in [0.15, 0.2) is 0 Å². The normalized spacial score (nSPS) is 10.3. The van der Waals surface area contributed by atoms with Crippen molar-refractivity contribution in [3.8, 4) is 0 Å². The molecule has 0 fully saturated rings. The first-order valence-electron chi connectivity index (χ1n) is 6.09. The molecule has 6 nitrogen and oxygen atoms in total. The van der Waals surface area contributed by atoms with Crippen molar-refractivity contribution < 1.29 is 14.7 Å². The number of carbonyl (C=O) groups excluding carboxylic acids is 1. The minimum atomic E-state index is -1.03. The molecule has 0 bridgehead atoms. The molecule has 2 amide bonds. The number of nitrogens with one attached hydrogen (secondary N) is 1. The van der Waals surface area contributed by atoms with E-state index in [1.54, 1.807) is 25.3 Å². The minimum Gasteiger partial charge on any atom is -0.480 e. The minimum absolute atomic E-state index is 0.195. The SMILES string of the molecule is Cc1ncccc1NC(=O)N(CC(=O)O)CC(C)C. The Kier molecular flexibility index (Phi) is 5.29. The largest absolute Gasteiger partial charge is 0.480 e. The maximum Gasteiger partial charge on any atom is 0.323 e. The van der Waals surface area contributed by atoms with Crippen molar-refractivity contribution in [3.05, 3.63) is 24.0 Å². The van der Waals surface area contributed by atoms with Gasteiger partial charge in [-0.2, -0.15) is 0 Å². The number of anilines is 1. The van der Waals surface area contributed by atoms with Crippen LogP contribution in [-0.4, -0.2) is 40.1 Å². The number of pyridine rings is 1. The summed E-state index contributed by atoms with van der Waals surface area (Å²) in [6.45, 7) is 5.70. The highest BCUT2D eigenvalue weighted by Crippen LogP contribution is 2.11. The van der Waals surface area contributed by atoms with Crippen molar-refractivity contribution in [3.63, 3.8) is 0 Å². The Morgan fingerprint density at radius 2 is 2.16 bits per heavy atom. The standard InChI is InChI=1S/C13H19N3O3/c1-9(2)7-16(8-12(17)18)13(19)15-11-5-4-6-14-10(11)3/h4-6,9H,7-8H2,1-3H3,(H,15,19)(H,17,18). The fourth-order valence-corrected chi connectivity index (χ4v) is 1.63. The Morgan fingerprint density at radius 1 is 1.47 bits per heavy atom. The van der Waals surface area contributed by atoms with Gasteiger partial charge in [-0.25, -0.2) is 4.79 Å². The van der Waals surface area contributed by atoms with E-state index in [1.165, 1.54) is 4.90 Å². The number of urea groups is 1. The van der Waals surface area contributed by atoms with Crippen LogP contribution in [0.2, 0.25) is 0 Å². The second-order valence-electron chi connectivity index (χ2n) is 4.73. The van der Waals surface area contributed by atoms with E-state index in [1.807, 2.05) is 13.8 Å². The summed E-state index contributed by atoms with van der Waals surface area (Å²) in [7, 11) is 0. The van der Waals surface area contributed by atoms with E-state index in [0.29, 0.717) is 17.9 Å². The average molecular weight is 265 g/mol. The molecule has 0 aliphatic heterocycles. The van der Waals surface area contributed by atoms with Crippen LogP contribution < -0.4 is 5.32 Å². The third-order valence-electron chi connectivity index (χ3n) is 2.45. The third kappa shape index (κ3) is 4.95. The number of rotatable bonds is 5. The Bertz CT molecular complexity index is 460. The predicted octanol–water partition coefficient (Wildman–Crippen LogP) is 1.96. The lowest BCUT2D eigenvalue weighted by molar-refractivity contribution is -0.137. The van der Waals surface area contributed by atoms with Gasteiger partial charge in [0.25, 0.3) is 0 Å². The highest BCUT2D eigenvalue weighted by Gasteiger charge is 2.18. The monoisotopic (exact) mass is 265 g/mol. The van der Waals surface area contributed by atoms with Gasteiger partial charge in [0.2, 0.25) is 0 Å². The van der Waals surface area contributed by atoms with Crippen LogP contribution in [0.5, 0.6) is 0 Å². The molecule has 0 unspecified atom stereocenters. The fraction of sp³-hybridized carbons (Fsp3) is 0.462. The number of nitrogens with zero attached hydrogens (tertiary/aromatic N) is 2. The van der Waals surface area contributed by atoms with Crippen molar-refractivity contribution >= 4 is 17.7 Å². The van der Waals surface area contributed by atoms with E-state index >= 15 is 0 Å². The van der Waals surface area contributed by atoms with Crippen LogP contribution in [-0.2, 0) is 4.79 Å². The molecule has 1 heterocycles. The van der Waals surface area contributed by atoms with Crippen molar-refractivity contribution in [1.29, 1.82) is 0 Å². The Balaban J connectivity index is 2.76. The molecule has 0 atom stereocenters. The maximum atomic E-state index is 12.1. The number of carboxylic acid groups (broad SMARTS) is 1. The molecule has 0 aromatic carbocycles. The lowest BCUT2D eigenvalue weighted by Crippen LogP contribution is -2.41. The Morgan fingerprint density at radius 3 is 2.68 bits per heavy atom. The van der Waals surface area contributed by atoms with Gasteiger partial charge < -0.3 is 15.3 Å². The van der Waals surface area contributed by atoms with Gasteiger partial charge in [-0.05, 0) is 25.0 Å². The first kappa shape index (κ1) is 14.9. The van der Waals surface area contributed by atoms with Gasteiger partial charge in [-0.1, -0.05) is 13.8 Å². The molecule has 1 aromatic heterocycles. The summed E-state index contributed by atoms with van der Waals surface area (Å²) in [6, 6.07) is 3.02. The van der Waals surface area contributed by atoms with E-state index in [0.717, 1.165) is 0 Å². The highest BCUT2D eigenvalue weighted by molar-refractivity contribution is 5.91. The summed E-state index contributed by atoms with van der Waals surface area (Å²) in [5.41, 5.74) is 1.28. The van der Waals surface area contributed by atoms with Crippen molar-refractivity contribution in [2.45, 2.75) is 20.8 Å². The molecule has 0 spiro atoms. The van der Waals surface area contributed by atoms with Crippen LogP contribution in [0.1, 0.15) is 19.5 Å². The zero-order valence-electron chi connectivity index (χ0n) is 11.4. The van der Waals surface area contributed by atoms with Crippen molar-refractivity contribution in [2.75, 3.05) is 18.4 Å². The van der Waals surface area contributed by atoms with Crippen LogP contribution in [0, 0.1) is 12.8 Å². The zero-order chi connectivity index (χ0) is 14.4. The van der Waals surface area contributed by atoms with Crippen LogP contribution >= 0.6 is 0 Å². The number of carboxylic acids is 1. The van der Waals surface area contributed by atoms with E-state index in [9.17, 15) is 9.59 Å². The molecule has 0 aliphatic rings. The molecule has 6 heteroatoms. The molecule has 1 rings (SSSR count). The molecule has 19 heavy (non-hydrogen) atoms. The van der Waals surface area contributed by atoms with Crippen LogP contribution in [0.4, 0.5) is 10.5 Å². The second-order valence-corrected chi connectivity index (χ2v) is 4.73. The number of hydrogen-bond acceptors (Lipinski definition) is 3. The number of aliphatic carboxylic acids is 1. The van der Waals surface area contributed by atoms with Crippen LogP contribution in [0.15, 0.2) is 18.3 Å². The van der Waals surface area contributed by atoms with Gasteiger partial charge >= 0.3 is 12.0 Å². The molecule has 0 saturated carbocycles. The maximum absolute atomic E-state index is 12.1. The van der Waals surface area contributed by atoms with Crippen LogP contribution in [0.3, 0.4) is 0 Å².